The van der Waals surface area contributed by atoms with Gasteiger partial charge in [-0.25, -0.2) is 13.1 Å². The maximum Gasteiger partial charge on any atom is 0.244 e. The van der Waals surface area contributed by atoms with E-state index in [1.807, 2.05) is 0 Å². The van der Waals surface area contributed by atoms with Gasteiger partial charge in [0, 0.05) is 10.9 Å². The Labute approximate surface area is 122 Å². The standard InChI is InChI=1S/C12H20BrN3O2S/c1-9-11(10(2)15-14-9)19(17,18)16-12(8-13)6-4-3-5-7-12/h16H,3-8H2,1-2H3,(H,14,15). The smallest absolute Gasteiger partial charge is 0.244 e. The molecule has 0 radical (unpaired) electrons. The number of hydrogen-bond donors (Lipinski definition) is 2. The zero-order valence-corrected chi connectivity index (χ0v) is 13.7. The van der Waals surface area contributed by atoms with Crippen LogP contribution >= 0.6 is 15.9 Å². The topological polar surface area (TPSA) is 74.8 Å². The molecule has 5 nitrogen and oxygen atoms in total. The van der Waals surface area contributed by atoms with Crippen LogP contribution in [0, 0.1) is 13.8 Å². The minimum absolute atomic E-state index is 0.290. The number of nitrogens with one attached hydrogen (secondary N) is 2. The average Bonchev–Trinajstić information content (AvgIpc) is 2.70. The van der Waals surface area contributed by atoms with E-state index >= 15 is 0 Å². The lowest BCUT2D eigenvalue weighted by Crippen LogP contribution is -2.51. The Hall–Kier alpha value is -0.400. The van der Waals surface area contributed by atoms with Crippen molar-refractivity contribution in [2.24, 2.45) is 0 Å². The van der Waals surface area contributed by atoms with Crippen molar-refractivity contribution in [1.82, 2.24) is 14.9 Å². The number of H-pyrrole nitrogens is 1. The lowest BCUT2D eigenvalue weighted by atomic mass is 9.84. The molecular formula is C12H20BrN3O2S. The molecule has 1 heterocycles. The van der Waals surface area contributed by atoms with Crippen molar-refractivity contribution in [3.8, 4) is 0 Å². The molecule has 1 aromatic heterocycles. The molecule has 0 atom stereocenters. The first kappa shape index (κ1) is 15.0. The predicted octanol–water partition coefficient (Wildman–Crippen LogP) is 2.40. The van der Waals surface area contributed by atoms with E-state index in [0.717, 1.165) is 25.7 Å². The monoisotopic (exact) mass is 349 g/mol. The summed E-state index contributed by atoms with van der Waals surface area (Å²) in [5.41, 5.74) is 0.754. The molecule has 1 saturated carbocycles. The molecule has 1 aliphatic carbocycles. The summed E-state index contributed by atoms with van der Waals surface area (Å²) >= 11 is 3.47. The van der Waals surface area contributed by atoms with Crippen LogP contribution in [0.4, 0.5) is 0 Å². The highest BCUT2D eigenvalue weighted by atomic mass is 79.9. The molecule has 0 bridgehead atoms. The Bertz CT molecular complexity index is 528. The van der Waals surface area contributed by atoms with Gasteiger partial charge in [-0.3, -0.25) is 5.10 Å². The first-order valence-electron chi connectivity index (χ1n) is 6.52. The highest BCUT2D eigenvalue weighted by Gasteiger charge is 2.37. The van der Waals surface area contributed by atoms with Crippen LogP contribution in [0.25, 0.3) is 0 Å². The van der Waals surface area contributed by atoms with Crippen LogP contribution in [-0.2, 0) is 10.0 Å². The summed E-state index contributed by atoms with van der Waals surface area (Å²) in [4.78, 5) is 0.290. The molecule has 0 unspecified atom stereocenters. The molecule has 1 aromatic rings. The molecule has 2 N–H and O–H groups in total. The first-order valence-corrected chi connectivity index (χ1v) is 9.12. The number of aromatic nitrogens is 2. The second-order valence-corrected chi connectivity index (χ2v) is 7.52. The number of nitrogens with zero attached hydrogens (tertiary/aromatic N) is 1. The van der Waals surface area contributed by atoms with Gasteiger partial charge in [0.1, 0.15) is 4.90 Å². The van der Waals surface area contributed by atoms with Crippen LogP contribution in [0.3, 0.4) is 0 Å². The molecule has 0 amide bonds. The van der Waals surface area contributed by atoms with Gasteiger partial charge in [0.15, 0.2) is 0 Å². The van der Waals surface area contributed by atoms with Gasteiger partial charge in [0.25, 0.3) is 0 Å². The Morgan fingerprint density at radius 3 is 2.42 bits per heavy atom. The average molecular weight is 350 g/mol. The number of halogens is 1. The predicted molar refractivity (Wildman–Crippen MR) is 78.0 cm³/mol. The van der Waals surface area contributed by atoms with Crippen molar-refractivity contribution in [3.05, 3.63) is 11.4 Å². The zero-order chi connectivity index (χ0) is 14.1. The quantitative estimate of drug-likeness (QED) is 0.819. The third kappa shape index (κ3) is 3.03. The molecule has 108 valence electrons. The SMILES string of the molecule is Cc1n[nH]c(C)c1S(=O)(=O)NC1(CBr)CCCCC1. The molecule has 0 saturated heterocycles. The summed E-state index contributed by atoms with van der Waals surface area (Å²) in [7, 11) is -3.52. The number of hydrogen-bond acceptors (Lipinski definition) is 3. The van der Waals surface area contributed by atoms with Crippen LogP contribution in [0.1, 0.15) is 43.5 Å². The second-order valence-electron chi connectivity index (χ2n) is 5.34. The molecule has 0 aromatic carbocycles. The van der Waals surface area contributed by atoms with Gasteiger partial charge in [0.05, 0.1) is 11.4 Å². The molecule has 0 spiro atoms. The van der Waals surface area contributed by atoms with Crippen molar-refractivity contribution in [1.29, 1.82) is 0 Å². The largest absolute Gasteiger partial charge is 0.281 e. The van der Waals surface area contributed by atoms with E-state index in [4.69, 9.17) is 0 Å². The van der Waals surface area contributed by atoms with E-state index in [1.54, 1.807) is 13.8 Å². The third-order valence-corrected chi connectivity index (χ3v) is 6.66. The lowest BCUT2D eigenvalue weighted by Gasteiger charge is -2.36. The van der Waals surface area contributed by atoms with Gasteiger partial charge in [-0.05, 0) is 26.7 Å². The van der Waals surface area contributed by atoms with E-state index in [2.05, 4.69) is 30.8 Å². The lowest BCUT2D eigenvalue weighted by molar-refractivity contribution is 0.301. The van der Waals surface area contributed by atoms with E-state index in [-0.39, 0.29) is 5.54 Å². The van der Waals surface area contributed by atoms with Crippen molar-refractivity contribution in [3.63, 3.8) is 0 Å². The van der Waals surface area contributed by atoms with Crippen LogP contribution in [-0.4, -0.2) is 29.5 Å². The molecule has 19 heavy (non-hydrogen) atoms. The van der Waals surface area contributed by atoms with E-state index in [1.165, 1.54) is 6.42 Å². The Balaban J connectivity index is 2.30. The molecule has 7 heteroatoms. The number of rotatable bonds is 4. The van der Waals surface area contributed by atoms with Crippen molar-refractivity contribution in [2.75, 3.05) is 5.33 Å². The summed E-state index contributed by atoms with van der Waals surface area (Å²) < 4.78 is 28.1. The summed E-state index contributed by atoms with van der Waals surface area (Å²) in [6.45, 7) is 3.44. The highest BCUT2D eigenvalue weighted by Crippen LogP contribution is 2.32. The summed E-state index contributed by atoms with van der Waals surface area (Å²) in [6, 6.07) is 0. The fourth-order valence-electron chi connectivity index (χ4n) is 2.76. The molecule has 1 aliphatic rings. The molecule has 0 aliphatic heterocycles. The van der Waals surface area contributed by atoms with E-state index in [0.29, 0.717) is 21.6 Å². The summed E-state index contributed by atoms with van der Waals surface area (Å²) in [6.07, 6.45) is 5.08. The van der Waals surface area contributed by atoms with Crippen LogP contribution < -0.4 is 4.72 Å². The van der Waals surface area contributed by atoms with Gasteiger partial charge in [-0.15, -0.1) is 0 Å². The fraction of sp³-hybridized carbons (Fsp3) is 0.750. The van der Waals surface area contributed by atoms with Crippen molar-refractivity contribution < 1.29 is 8.42 Å². The Morgan fingerprint density at radius 2 is 1.95 bits per heavy atom. The molecule has 2 rings (SSSR count). The maximum atomic E-state index is 12.6. The normalized spacial score (nSPS) is 19.5. The Kier molecular flexibility index (Phi) is 4.37. The molecular weight excluding hydrogens is 330 g/mol. The maximum absolute atomic E-state index is 12.6. The zero-order valence-electron chi connectivity index (χ0n) is 11.3. The molecule has 1 fully saturated rings. The van der Waals surface area contributed by atoms with Crippen LogP contribution in [0.5, 0.6) is 0 Å². The Morgan fingerprint density at radius 1 is 1.32 bits per heavy atom. The minimum Gasteiger partial charge on any atom is -0.281 e. The second kappa shape index (κ2) is 5.54. The van der Waals surface area contributed by atoms with Crippen molar-refractivity contribution in [2.45, 2.75) is 56.4 Å². The first-order chi connectivity index (χ1) is 8.90. The highest BCUT2D eigenvalue weighted by molar-refractivity contribution is 9.09. The van der Waals surface area contributed by atoms with Gasteiger partial charge in [-0.1, -0.05) is 35.2 Å². The van der Waals surface area contributed by atoms with Crippen LogP contribution in [0.15, 0.2) is 4.90 Å². The fourth-order valence-corrected chi connectivity index (χ4v) is 5.48. The van der Waals surface area contributed by atoms with E-state index in [9.17, 15) is 8.42 Å². The number of aryl methyl sites for hydroxylation is 2. The van der Waals surface area contributed by atoms with E-state index < -0.39 is 10.0 Å². The summed E-state index contributed by atoms with van der Waals surface area (Å²) in [5, 5.41) is 7.35. The minimum atomic E-state index is -3.52. The van der Waals surface area contributed by atoms with Gasteiger partial charge < -0.3 is 0 Å². The van der Waals surface area contributed by atoms with Crippen molar-refractivity contribution >= 4 is 26.0 Å². The van der Waals surface area contributed by atoms with Crippen LogP contribution in [0.2, 0.25) is 0 Å². The van der Waals surface area contributed by atoms with Gasteiger partial charge in [0.2, 0.25) is 10.0 Å². The summed E-state index contributed by atoms with van der Waals surface area (Å²) in [5.74, 6) is 0. The van der Waals surface area contributed by atoms with Gasteiger partial charge >= 0.3 is 0 Å². The number of sulfonamides is 1. The van der Waals surface area contributed by atoms with Gasteiger partial charge in [-0.2, -0.15) is 5.10 Å². The number of alkyl halides is 1. The third-order valence-electron chi connectivity index (χ3n) is 3.75. The number of aromatic amines is 1.